The Morgan fingerprint density at radius 1 is 0.828 bits per heavy atom. The molecule has 0 radical (unpaired) electrons. The van der Waals surface area contributed by atoms with E-state index < -0.39 is 0 Å². The van der Waals surface area contributed by atoms with E-state index in [1.807, 2.05) is 42.5 Å². The molecule has 6 aromatic rings. The lowest BCUT2D eigenvalue weighted by Crippen LogP contribution is -1.84. The molecule has 0 aliphatic heterocycles. The minimum Gasteiger partial charge on any atom is -0.472 e. The van der Waals surface area contributed by atoms with Crippen molar-refractivity contribution in [3.05, 3.63) is 73.5 Å². The minimum atomic E-state index is 0.683. The lowest BCUT2D eigenvalue weighted by molar-refractivity contribution is 0.568. The van der Waals surface area contributed by atoms with Gasteiger partial charge in [0.05, 0.1) is 29.3 Å². The topological polar surface area (TPSA) is 96.3 Å². The van der Waals surface area contributed by atoms with Crippen LogP contribution in [0.4, 0.5) is 0 Å². The lowest BCUT2D eigenvalue weighted by atomic mass is 10.1. The molecular weight excluding hydrogens is 364 g/mol. The zero-order valence-corrected chi connectivity index (χ0v) is 15.1. The highest BCUT2D eigenvalue weighted by atomic mass is 16.3. The number of furan rings is 1. The van der Waals surface area contributed by atoms with Crippen LogP contribution in [0, 0.1) is 0 Å². The number of H-pyrrole nitrogens is 2. The minimum absolute atomic E-state index is 0.683. The van der Waals surface area contributed by atoms with E-state index in [4.69, 9.17) is 9.40 Å². The summed E-state index contributed by atoms with van der Waals surface area (Å²) in [6, 6.07) is 15.8. The number of hydrogen-bond donors (Lipinski definition) is 2. The first kappa shape index (κ1) is 15.8. The molecule has 7 heteroatoms. The summed E-state index contributed by atoms with van der Waals surface area (Å²) in [4.78, 5) is 17.1. The van der Waals surface area contributed by atoms with Crippen molar-refractivity contribution in [3.63, 3.8) is 0 Å². The molecule has 0 amide bonds. The highest BCUT2D eigenvalue weighted by Crippen LogP contribution is 2.32. The van der Waals surface area contributed by atoms with E-state index in [-0.39, 0.29) is 0 Å². The van der Waals surface area contributed by atoms with Gasteiger partial charge in [-0.3, -0.25) is 15.1 Å². The van der Waals surface area contributed by atoms with Crippen molar-refractivity contribution >= 4 is 21.9 Å². The van der Waals surface area contributed by atoms with Gasteiger partial charge in [0.2, 0.25) is 0 Å². The molecule has 0 aliphatic carbocycles. The fourth-order valence-corrected chi connectivity index (χ4v) is 3.55. The Morgan fingerprint density at radius 2 is 1.83 bits per heavy atom. The first-order valence-electron chi connectivity index (χ1n) is 9.14. The molecular formula is C22H14N6O. The number of rotatable bonds is 3. The number of imidazole rings is 1. The van der Waals surface area contributed by atoms with Crippen molar-refractivity contribution in [2.24, 2.45) is 0 Å². The number of hydrogen-bond acceptors (Lipinski definition) is 5. The van der Waals surface area contributed by atoms with Crippen molar-refractivity contribution in [2.75, 3.05) is 0 Å². The molecule has 5 heterocycles. The first-order chi connectivity index (χ1) is 14.4. The number of nitrogens with zero attached hydrogens (tertiary/aromatic N) is 4. The van der Waals surface area contributed by atoms with Crippen LogP contribution in [0.3, 0.4) is 0 Å². The van der Waals surface area contributed by atoms with Gasteiger partial charge in [-0.1, -0.05) is 12.1 Å². The van der Waals surface area contributed by atoms with Crippen molar-refractivity contribution in [1.29, 1.82) is 0 Å². The van der Waals surface area contributed by atoms with Crippen LogP contribution in [-0.4, -0.2) is 30.1 Å². The number of aromatic nitrogens is 6. The third-order valence-corrected chi connectivity index (χ3v) is 4.94. The molecule has 138 valence electrons. The number of fused-ring (bicyclic) bond motifs is 2. The quantitative estimate of drug-likeness (QED) is 0.460. The summed E-state index contributed by atoms with van der Waals surface area (Å²) in [5, 5.41) is 8.58. The predicted octanol–water partition coefficient (Wildman–Crippen LogP) is 4.82. The smallest absolute Gasteiger partial charge is 0.159 e. The molecule has 0 atom stereocenters. The molecule has 1 aromatic carbocycles. The SMILES string of the molecule is c1ccc(-c2ccc3[nH]nc(-c4nc5c(-c6ccoc6)nccc5[nH]4)c3c2)nc1. The van der Waals surface area contributed by atoms with E-state index in [1.54, 1.807) is 24.9 Å². The van der Waals surface area contributed by atoms with Gasteiger partial charge in [0.25, 0.3) is 0 Å². The van der Waals surface area contributed by atoms with Crippen LogP contribution in [0.1, 0.15) is 0 Å². The maximum Gasteiger partial charge on any atom is 0.159 e. The Morgan fingerprint density at radius 3 is 2.69 bits per heavy atom. The van der Waals surface area contributed by atoms with Gasteiger partial charge in [-0.15, -0.1) is 0 Å². The van der Waals surface area contributed by atoms with Crippen molar-refractivity contribution < 1.29 is 4.42 Å². The molecule has 2 N–H and O–H groups in total. The third kappa shape index (κ3) is 2.52. The largest absolute Gasteiger partial charge is 0.472 e. The summed E-state index contributed by atoms with van der Waals surface area (Å²) in [5.74, 6) is 0.683. The fraction of sp³-hybridized carbons (Fsp3) is 0. The molecule has 0 bridgehead atoms. The van der Waals surface area contributed by atoms with Crippen LogP contribution in [0.25, 0.3) is 56.0 Å². The van der Waals surface area contributed by atoms with Gasteiger partial charge in [-0.2, -0.15) is 5.10 Å². The standard InChI is InChI=1S/C22H14N6O/c1-2-8-23-16(3-1)13-4-5-17-15(11-13)20(28-27-17)22-25-18-6-9-24-19(21(18)26-22)14-7-10-29-12-14/h1-12H,(H,25,26)(H,27,28). The molecule has 0 aliphatic rings. The van der Waals surface area contributed by atoms with Gasteiger partial charge in [-0.05, 0) is 36.4 Å². The monoisotopic (exact) mass is 378 g/mol. The second kappa shape index (κ2) is 6.13. The second-order valence-electron chi connectivity index (χ2n) is 6.70. The van der Waals surface area contributed by atoms with E-state index >= 15 is 0 Å². The Hall–Kier alpha value is -4.26. The number of aromatic amines is 2. The first-order valence-corrected chi connectivity index (χ1v) is 9.14. The van der Waals surface area contributed by atoms with Gasteiger partial charge in [-0.25, -0.2) is 4.98 Å². The number of pyridine rings is 2. The summed E-state index contributed by atoms with van der Waals surface area (Å²) < 4.78 is 5.21. The molecule has 0 spiro atoms. The summed E-state index contributed by atoms with van der Waals surface area (Å²) >= 11 is 0. The average Bonchev–Trinajstić information content (AvgIpc) is 3.52. The third-order valence-electron chi connectivity index (χ3n) is 4.94. The van der Waals surface area contributed by atoms with Gasteiger partial charge >= 0.3 is 0 Å². The van der Waals surface area contributed by atoms with Crippen LogP contribution in [0.5, 0.6) is 0 Å². The normalized spacial score (nSPS) is 11.4. The van der Waals surface area contributed by atoms with Crippen LogP contribution in [0.2, 0.25) is 0 Å². The van der Waals surface area contributed by atoms with E-state index in [2.05, 4.69) is 31.2 Å². The van der Waals surface area contributed by atoms with Crippen LogP contribution in [0.15, 0.2) is 77.9 Å². The van der Waals surface area contributed by atoms with Gasteiger partial charge in [0.1, 0.15) is 16.9 Å². The molecule has 6 rings (SSSR count). The molecule has 7 nitrogen and oxygen atoms in total. The summed E-state index contributed by atoms with van der Waals surface area (Å²) in [6.07, 6.45) is 6.84. The maximum absolute atomic E-state index is 5.21. The molecule has 0 saturated carbocycles. The molecule has 0 unspecified atom stereocenters. The highest BCUT2D eigenvalue weighted by Gasteiger charge is 2.16. The van der Waals surface area contributed by atoms with Gasteiger partial charge < -0.3 is 9.40 Å². The molecule has 0 saturated heterocycles. The fourth-order valence-electron chi connectivity index (χ4n) is 3.55. The summed E-state index contributed by atoms with van der Waals surface area (Å²) in [5.41, 5.74) is 6.96. The Bertz CT molecular complexity index is 1450. The van der Waals surface area contributed by atoms with Crippen molar-refractivity contribution in [3.8, 4) is 34.0 Å². The van der Waals surface area contributed by atoms with Crippen LogP contribution >= 0.6 is 0 Å². The second-order valence-corrected chi connectivity index (χ2v) is 6.70. The molecule has 29 heavy (non-hydrogen) atoms. The van der Waals surface area contributed by atoms with Gasteiger partial charge in [0.15, 0.2) is 5.82 Å². The molecule has 0 fully saturated rings. The number of nitrogens with one attached hydrogen (secondary N) is 2. The summed E-state index contributed by atoms with van der Waals surface area (Å²) in [7, 11) is 0. The van der Waals surface area contributed by atoms with E-state index in [0.29, 0.717) is 5.82 Å². The average molecular weight is 378 g/mol. The Labute approximate surface area is 164 Å². The van der Waals surface area contributed by atoms with Crippen LogP contribution in [-0.2, 0) is 0 Å². The van der Waals surface area contributed by atoms with Gasteiger partial charge in [0, 0.05) is 28.9 Å². The molecule has 5 aromatic heterocycles. The maximum atomic E-state index is 5.21. The van der Waals surface area contributed by atoms with E-state index in [0.717, 1.165) is 50.1 Å². The zero-order chi connectivity index (χ0) is 19.2. The van der Waals surface area contributed by atoms with Crippen molar-refractivity contribution in [1.82, 2.24) is 30.1 Å². The lowest BCUT2D eigenvalue weighted by Gasteiger charge is -2.01. The van der Waals surface area contributed by atoms with Crippen molar-refractivity contribution in [2.45, 2.75) is 0 Å². The van der Waals surface area contributed by atoms with E-state index in [9.17, 15) is 0 Å². The zero-order valence-electron chi connectivity index (χ0n) is 15.1. The van der Waals surface area contributed by atoms with Crippen LogP contribution < -0.4 is 0 Å². The summed E-state index contributed by atoms with van der Waals surface area (Å²) in [6.45, 7) is 0. The number of benzene rings is 1. The predicted molar refractivity (Wildman–Crippen MR) is 110 cm³/mol. The Balaban J connectivity index is 1.53. The van der Waals surface area contributed by atoms with E-state index in [1.165, 1.54) is 0 Å². The highest BCUT2D eigenvalue weighted by molar-refractivity contribution is 5.97. The Kier molecular flexibility index (Phi) is 3.33.